The standard InChI is InChI=1S/C19H15ClF4N4O/c1-10-26-27-18(28(10)2)9-29-17-7-15(20)11(8-25)5-14(17)13-6-12(19(22,23)24)3-4-16(13)21/h3-7,10,26H,9H2,1-2H3. The summed E-state index contributed by atoms with van der Waals surface area (Å²) in [5.41, 5.74) is 1.44. The van der Waals surface area contributed by atoms with Gasteiger partial charge in [-0.3, -0.25) is 5.43 Å². The first kappa shape index (κ1) is 20.7. The summed E-state index contributed by atoms with van der Waals surface area (Å²) < 4.78 is 59.4. The van der Waals surface area contributed by atoms with Crippen LogP contribution in [0.1, 0.15) is 18.1 Å². The maximum absolute atomic E-state index is 14.4. The first-order valence-corrected chi connectivity index (χ1v) is 8.78. The summed E-state index contributed by atoms with van der Waals surface area (Å²) in [7, 11) is 1.78. The number of halogens is 5. The monoisotopic (exact) mass is 426 g/mol. The van der Waals surface area contributed by atoms with Crippen molar-refractivity contribution >= 4 is 17.4 Å². The van der Waals surface area contributed by atoms with Crippen LogP contribution in [0.4, 0.5) is 17.6 Å². The first-order chi connectivity index (χ1) is 13.6. The minimum Gasteiger partial charge on any atom is -0.485 e. The number of hydrogen-bond donors (Lipinski definition) is 1. The lowest BCUT2D eigenvalue weighted by Crippen LogP contribution is -2.36. The van der Waals surface area contributed by atoms with E-state index in [-0.39, 0.29) is 40.2 Å². The molecule has 1 atom stereocenters. The summed E-state index contributed by atoms with van der Waals surface area (Å²) in [6.07, 6.45) is -4.71. The molecule has 0 aliphatic carbocycles. The molecule has 1 aliphatic rings. The van der Waals surface area contributed by atoms with Gasteiger partial charge in [0.2, 0.25) is 0 Å². The third-order valence-electron chi connectivity index (χ3n) is 4.50. The largest absolute Gasteiger partial charge is 0.485 e. The van der Waals surface area contributed by atoms with Gasteiger partial charge in [-0.1, -0.05) is 11.6 Å². The summed E-state index contributed by atoms with van der Waals surface area (Å²) in [6.45, 7) is 1.84. The highest BCUT2D eigenvalue weighted by atomic mass is 35.5. The quantitative estimate of drug-likeness (QED) is 0.725. The van der Waals surface area contributed by atoms with Crippen molar-refractivity contribution in [2.75, 3.05) is 13.7 Å². The molecule has 0 saturated carbocycles. The normalized spacial score (nSPS) is 16.3. The van der Waals surface area contributed by atoms with Crippen LogP contribution in [0.3, 0.4) is 0 Å². The zero-order chi connectivity index (χ0) is 21.3. The molecule has 2 aromatic rings. The van der Waals surface area contributed by atoms with Crippen molar-refractivity contribution in [2.24, 2.45) is 5.10 Å². The SMILES string of the molecule is CC1NN=C(COc2cc(Cl)c(C#N)cc2-c2cc(C(F)(F)F)ccc2F)N1C. The Morgan fingerprint density at radius 3 is 2.59 bits per heavy atom. The van der Waals surface area contributed by atoms with Crippen LogP contribution in [-0.4, -0.2) is 30.6 Å². The molecule has 1 N–H and O–H groups in total. The summed E-state index contributed by atoms with van der Waals surface area (Å²) in [4.78, 5) is 1.80. The van der Waals surface area contributed by atoms with E-state index in [1.165, 1.54) is 12.1 Å². The molecule has 2 aromatic carbocycles. The van der Waals surface area contributed by atoms with Crippen LogP contribution in [-0.2, 0) is 6.18 Å². The highest BCUT2D eigenvalue weighted by Crippen LogP contribution is 2.39. The Kier molecular flexibility index (Phi) is 5.57. The molecule has 0 saturated heterocycles. The van der Waals surface area contributed by atoms with Crippen molar-refractivity contribution in [3.8, 4) is 22.9 Å². The van der Waals surface area contributed by atoms with Crippen LogP contribution in [0.25, 0.3) is 11.1 Å². The number of hydrazone groups is 1. The molecule has 5 nitrogen and oxygen atoms in total. The Hall–Kier alpha value is -2.99. The molecule has 152 valence electrons. The summed E-state index contributed by atoms with van der Waals surface area (Å²) in [5, 5.41) is 13.3. The van der Waals surface area contributed by atoms with Crippen LogP contribution >= 0.6 is 11.6 Å². The fraction of sp³-hybridized carbons (Fsp3) is 0.263. The van der Waals surface area contributed by atoms with E-state index in [1.54, 1.807) is 11.9 Å². The second-order valence-corrected chi connectivity index (χ2v) is 6.77. The zero-order valence-electron chi connectivity index (χ0n) is 15.3. The molecule has 1 unspecified atom stereocenters. The van der Waals surface area contributed by atoms with Crippen LogP contribution in [0.5, 0.6) is 5.75 Å². The van der Waals surface area contributed by atoms with Crippen molar-refractivity contribution < 1.29 is 22.3 Å². The molecule has 29 heavy (non-hydrogen) atoms. The molecule has 1 heterocycles. The van der Waals surface area contributed by atoms with Gasteiger partial charge >= 0.3 is 6.18 Å². The second kappa shape index (κ2) is 7.79. The number of likely N-dealkylation sites (N-methyl/N-ethyl adjacent to an activating group) is 1. The number of hydrogen-bond acceptors (Lipinski definition) is 5. The molecule has 0 spiro atoms. The van der Waals surface area contributed by atoms with Gasteiger partial charge in [0.15, 0.2) is 5.84 Å². The van der Waals surface area contributed by atoms with Crippen LogP contribution in [0.15, 0.2) is 35.4 Å². The van der Waals surface area contributed by atoms with E-state index in [0.29, 0.717) is 18.0 Å². The Bertz CT molecular complexity index is 1020. The molecule has 0 bridgehead atoms. The van der Waals surface area contributed by atoms with Crippen molar-refractivity contribution in [3.05, 3.63) is 52.3 Å². The number of ether oxygens (including phenoxy) is 1. The molecule has 0 fully saturated rings. The molecule has 10 heteroatoms. The molecule has 0 radical (unpaired) electrons. The van der Waals surface area contributed by atoms with Crippen LogP contribution < -0.4 is 10.2 Å². The van der Waals surface area contributed by atoms with E-state index in [2.05, 4.69) is 10.5 Å². The molecule has 1 aliphatic heterocycles. The van der Waals surface area contributed by atoms with Gasteiger partial charge in [-0.25, -0.2) is 4.39 Å². The minimum atomic E-state index is -4.66. The van der Waals surface area contributed by atoms with Gasteiger partial charge in [0.05, 0.1) is 16.1 Å². The lowest BCUT2D eigenvalue weighted by atomic mass is 9.99. The van der Waals surface area contributed by atoms with Gasteiger partial charge in [-0.05, 0) is 31.2 Å². The number of amidine groups is 1. The summed E-state index contributed by atoms with van der Waals surface area (Å²) in [6, 6.07) is 6.37. The Morgan fingerprint density at radius 2 is 2.00 bits per heavy atom. The number of benzene rings is 2. The van der Waals surface area contributed by atoms with Gasteiger partial charge in [0.25, 0.3) is 0 Å². The summed E-state index contributed by atoms with van der Waals surface area (Å²) in [5.74, 6) is -0.323. The third-order valence-corrected chi connectivity index (χ3v) is 4.81. The predicted octanol–water partition coefficient (Wildman–Crippen LogP) is 4.61. The number of alkyl halides is 3. The van der Waals surface area contributed by atoms with Gasteiger partial charge in [0.1, 0.15) is 30.4 Å². The number of nitrogens with zero attached hydrogens (tertiary/aromatic N) is 3. The van der Waals surface area contributed by atoms with E-state index < -0.39 is 17.6 Å². The van der Waals surface area contributed by atoms with E-state index in [1.807, 2.05) is 13.0 Å². The fourth-order valence-corrected chi connectivity index (χ4v) is 2.91. The molecule has 0 aromatic heterocycles. The number of rotatable bonds is 4. The van der Waals surface area contributed by atoms with Crippen LogP contribution in [0.2, 0.25) is 5.02 Å². The second-order valence-electron chi connectivity index (χ2n) is 6.37. The minimum absolute atomic E-state index is 0.0168. The predicted molar refractivity (Wildman–Crippen MR) is 99.9 cm³/mol. The topological polar surface area (TPSA) is 60.7 Å². The molecule has 0 amide bonds. The van der Waals surface area contributed by atoms with Crippen LogP contribution in [0, 0.1) is 17.1 Å². The lowest BCUT2D eigenvalue weighted by Gasteiger charge is -2.20. The van der Waals surface area contributed by atoms with Gasteiger partial charge < -0.3 is 9.64 Å². The van der Waals surface area contributed by atoms with Crippen molar-refractivity contribution in [1.29, 1.82) is 5.26 Å². The third kappa shape index (κ3) is 4.22. The van der Waals surface area contributed by atoms with E-state index in [4.69, 9.17) is 16.3 Å². The summed E-state index contributed by atoms with van der Waals surface area (Å²) >= 11 is 6.05. The van der Waals surface area contributed by atoms with E-state index >= 15 is 0 Å². The Balaban J connectivity index is 2.05. The number of nitrogens with one attached hydrogen (secondary N) is 1. The zero-order valence-corrected chi connectivity index (χ0v) is 16.1. The van der Waals surface area contributed by atoms with Crippen molar-refractivity contribution in [1.82, 2.24) is 10.3 Å². The van der Waals surface area contributed by atoms with Gasteiger partial charge in [-0.15, -0.1) is 0 Å². The Labute approximate surface area is 169 Å². The number of nitriles is 1. The Morgan fingerprint density at radius 1 is 1.28 bits per heavy atom. The average molecular weight is 427 g/mol. The highest BCUT2D eigenvalue weighted by molar-refractivity contribution is 6.32. The smallest absolute Gasteiger partial charge is 0.416 e. The maximum Gasteiger partial charge on any atom is 0.416 e. The fourth-order valence-electron chi connectivity index (χ4n) is 2.71. The van der Waals surface area contributed by atoms with Gasteiger partial charge in [0, 0.05) is 24.2 Å². The van der Waals surface area contributed by atoms with Crippen molar-refractivity contribution in [3.63, 3.8) is 0 Å². The van der Waals surface area contributed by atoms with E-state index in [9.17, 15) is 22.8 Å². The van der Waals surface area contributed by atoms with E-state index in [0.717, 1.165) is 6.07 Å². The first-order valence-electron chi connectivity index (χ1n) is 8.40. The van der Waals surface area contributed by atoms with Gasteiger partial charge in [-0.2, -0.15) is 23.5 Å². The lowest BCUT2D eigenvalue weighted by molar-refractivity contribution is -0.137. The van der Waals surface area contributed by atoms with Crippen molar-refractivity contribution in [2.45, 2.75) is 19.3 Å². The molecule has 3 rings (SSSR count). The average Bonchev–Trinajstić information content (AvgIpc) is 2.98. The maximum atomic E-state index is 14.4. The molecular formula is C19H15ClF4N4O. The molecular weight excluding hydrogens is 412 g/mol. The highest BCUT2D eigenvalue weighted by Gasteiger charge is 2.32.